The second-order valence-corrected chi connectivity index (χ2v) is 11.8. The number of likely N-dealkylation sites (tertiary alicyclic amines) is 1. The lowest BCUT2D eigenvalue weighted by atomic mass is 10.1. The highest BCUT2D eigenvalue weighted by Gasteiger charge is 2.28. The first-order chi connectivity index (χ1) is 20.3. The molecule has 5 aromatic rings. The monoisotopic (exact) mass is 567 g/mol. The van der Waals surface area contributed by atoms with E-state index in [1.54, 1.807) is 13.3 Å². The molecule has 1 amide bonds. The maximum Gasteiger partial charge on any atom is 0.254 e. The van der Waals surface area contributed by atoms with Gasteiger partial charge in [0, 0.05) is 48.9 Å². The zero-order valence-corrected chi connectivity index (χ0v) is 24.3. The second kappa shape index (κ2) is 10.2. The third-order valence-corrected chi connectivity index (χ3v) is 8.71. The Hall–Kier alpha value is -4.38. The van der Waals surface area contributed by atoms with E-state index in [2.05, 4.69) is 34.8 Å². The van der Waals surface area contributed by atoms with Crippen LogP contribution in [0.1, 0.15) is 60.4 Å². The number of imidazole rings is 1. The van der Waals surface area contributed by atoms with Gasteiger partial charge in [-0.05, 0) is 69.7 Å². The van der Waals surface area contributed by atoms with Crippen LogP contribution in [0.15, 0.2) is 42.7 Å². The van der Waals surface area contributed by atoms with Crippen molar-refractivity contribution in [2.24, 2.45) is 11.7 Å². The number of ether oxygens (including phenoxy) is 1. The molecule has 0 bridgehead atoms. The van der Waals surface area contributed by atoms with Crippen molar-refractivity contribution >= 4 is 28.3 Å². The number of fused-ring (bicyclic) bond motifs is 2. The molecule has 218 valence electrons. The normalized spacial score (nSPS) is 18.2. The Labute approximate surface area is 244 Å². The van der Waals surface area contributed by atoms with Crippen LogP contribution in [-0.2, 0) is 6.54 Å². The van der Waals surface area contributed by atoms with Crippen LogP contribution in [0.25, 0.3) is 28.1 Å². The molecule has 0 radical (unpaired) electrons. The molecule has 0 aromatic carbocycles. The Bertz CT molecular complexity index is 1810. The molecule has 1 saturated heterocycles. The molecule has 2 atom stereocenters. The van der Waals surface area contributed by atoms with Crippen LogP contribution >= 0.6 is 0 Å². The number of anilines is 1. The van der Waals surface area contributed by atoms with Crippen LogP contribution in [0.5, 0.6) is 5.88 Å². The van der Waals surface area contributed by atoms with Gasteiger partial charge >= 0.3 is 0 Å². The molecule has 1 saturated carbocycles. The molecule has 1 aliphatic carbocycles. The van der Waals surface area contributed by atoms with E-state index in [1.807, 2.05) is 39.2 Å². The summed E-state index contributed by atoms with van der Waals surface area (Å²) in [5.41, 5.74) is 18.6. The lowest BCUT2D eigenvalue weighted by molar-refractivity contribution is 0.0708. The van der Waals surface area contributed by atoms with Gasteiger partial charge in [0.25, 0.3) is 5.91 Å². The first kappa shape index (κ1) is 26.5. The largest absolute Gasteiger partial charge is 0.482 e. The van der Waals surface area contributed by atoms with E-state index < -0.39 is 0 Å². The number of carbonyl (C=O) groups excluding carboxylic acids is 1. The molecular formula is C31H37N9O2. The number of piperidine rings is 1. The number of hydrogen-bond acceptors (Lipinski definition) is 7. The third kappa shape index (κ3) is 4.57. The minimum absolute atomic E-state index is 0.0109. The minimum Gasteiger partial charge on any atom is -0.482 e. The van der Waals surface area contributed by atoms with Gasteiger partial charge in [-0.1, -0.05) is 0 Å². The molecule has 0 spiro atoms. The van der Waals surface area contributed by atoms with Crippen molar-refractivity contribution in [1.29, 1.82) is 0 Å². The Balaban J connectivity index is 1.33. The molecule has 11 heteroatoms. The summed E-state index contributed by atoms with van der Waals surface area (Å²) in [5, 5.41) is 5.46. The number of aryl methyl sites for hydroxylation is 1. The molecule has 5 aromatic heterocycles. The average Bonchev–Trinajstić information content (AvgIpc) is 3.46. The van der Waals surface area contributed by atoms with Gasteiger partial charge in [0.05, 0.1) is 42.1 Å². The highest BCUT2D eigenvalue weighted by Crippen LogP contribution is 2.37. The number of hydrogen-bond donors (Lipinski definition) is 2. The van der Waals surface area contributed by atoms with E-state index in [4.69, 9.17) is 26.2 Å². The van der Waals surface area contributed by atoms with Crippen molar-refractivity contribution in [1.82, 2.24) is 33.6 Å². The summed E-state index contributed by atoms with van der Waals surface area (Å²) in [7, 11) is 1.63. The first-order valence-electron chi connectivity index (χ1n) is 14.7. The van der Waals surface area contributed by atoms with Crippen molar-refractivity contribution in [3.63, 3.8) is 0 Å². The molecular weight excluding hydrogens is 530 g/mol. The quantitative estimate of drug-likeness (QED) is 0.303. The average molecular weight is 568 g/mol. The summed E-state index contributed by atoms with van der Waals surface area (Å²) >= 11 is 0. The highest BCUT2D eigenvalue weighted by atomic mass is 16.5. The number of methoxy groups -OCH3 is 1. The number of aromatic nitrogens is 6. The first-order valence-corrected chi connectivity index (χ1v) is 14.7. The molecule has 1 aliphatic heterocycles. The number of nitrogens with zero attached hydrogens (tertiary/aromatic N) is 7. The van der Waals surface area contributed by atoms with Crippen LogP contribution in [0.3, 0.4) is 0 Å². The molecule has 6 heterocycles. The lowest BCUT2D eigenvalue weighted by Gasteiger charge is -2.30. The van der Waals surface area contributed by atoms with Gasteiger partial charge in [-0.25, -0.2) is 9.97 Å². The number of nitrogen functional groups attached to an aromatic ring is 1. The van der Waals surface area contributed by atoms with E-state index in [9.17, 15) is 4.79 Å². The predicted molar refractivity (Wildman–Crippen MR) is 161 cm³/mol. The fourth-order valence-corrected chi connectivity index (χ4v) is 6.18. The van der Waals surface area contributed by atoms with Gasteiger partial charge in [0.2, 0.25) is 0 Å². The molecule has 4 N–H and O–H groups in total. The Morgan fingerprint density at radius 3 is 2.71 bits per heavy atom. The maximum absolute atomic E-state index is 13.5. The summed E-state index contributed by atoms with van der Waals surface area (Å²) in [5.74, 6) is 1.16. The van der Waals surface area contributed by atoms with E-state index in [0.29, 0.717) is 41.8 Å². The lowest BCUT2D eigenvalue weighted by Crippen LogP contribution is -2.45. The Kier molecular flexibility index (Phi) is 6.41. The highest BCUT2D eigenvalue weighted by molar-refractivity contribution is 5.96. The zero-order valence-electron chi connectivity index (χ0n) is 24.3. The van der Waals surface area contributed by atoms with Crippen molar-refractivity contribution in [3.05, 3.63) is 59.7 Å². The van der Waals surface area contributed by atoms with E-state index in [0.717, 1.165) is 53.2 Å². The molecule has 11 nitrogen and oxygen atoms in total. The zero-order chi connectivity index (χ0) is 29.1. The minimum atomic E-state index is -0.0639. The van der Waals surface area contributed by atoms with Gasteiger partial charge in [-0.3, -0.25) is 13.9 Å². The molecule has 1 unspecified atom stereocenters. The van der Waals surface area contributed by atoms with Gasteiger partial charge in [0.15, 0.2) is 5.88 Å². The third-order valence-electron chi connectivity index (χ3n) is 8.71. The molecule has 42 heavy (non-hydrogen) atoms. The van der Waals surface area contributed by atoms with Gasteiger partial charge in [0.1, 0.15) is 17.0 Å². The number of nitrogens with two attached hydrogens (primary N) is 2. The van der Waals surface area contributed by atoms with Crippen LogP contribution in [-0.4, -0.2) is 65.8 Å². The molecule has 2 fully saturated rings. The fraction of sp³-hybridized carbons (Fsp3) is 0.419. The van der Waals surface area contributed by atoms with Crippen molar-refractivity contribution in [2.45, 2.75) is 58.2 Å². The van der Waals surface area contributed by atoms with Crippen LogP contribution in [0, 0.1) is 12.8 Å². The fourth-order valence-electron chi connectivity index (χ4n) is 6.18. The second-order valence-electron chi connectivity index (χ2n) is 11.8. The van der Waals surface area contributed by atoms with E-state index in [1.165, 1.54) is 12.8 Å². The van der Waals surface area contributed by atoms with Crippen LogP contribution < -0.4 is 16.2 Å². The van der Waals surface area contributed by atoms with Gasteiger partial charge < -0.3 is 25.7 Å². The van der Waals surface area contributed by atoms with E-state index >= 15 is 0 Å². The smallest absolute Gasteiger partial charge is 0.254 e. The topological polar surface area (TPSA) is 135 Å². The van der Waals surface area contributed by atoms with Crippen molar-refractivity contribution < 1.29 is 9.53 Å². The number of amides is 1. The summed E-state index contributed by atoms with van der Waals surface area (Å²) < 4.78 is 11.9. The predicted octanol–water partition coefficient (Wildman–Crippen LogP) is 4.03. The Morgan fingerprint density at radius 1 is 1.17 bits per heavy atom. The van der Waals surface area contributed by atoms with Gasteiger partial charge in [-0.2, -0.15) is 5.10 Å². The van der Waals surface area contributed by atoms with Crippen LogP contribution in [0.2, 0.25) is 0 Å². The summed E-state index contributed by atoms with van der Waals surface area (Å²) in [4.78, 5) is 25.5. The van der Waals surface area contributed by atoms with Crippen LogP contribution in [0.4, 0.5) is 5.69 Å². The van der Waals surface area contributed by atoms with E-state index in [-0.39, 0.29) is 18.0 Å². The standard InChI is InChI=1S/C31H37N9O2/c1-18(39-17-24(33)14-34-39)25-9-8-21-11-26(38(30(21)35-25)15-20-6-7-20)29-19(2)40-27(36-29)12-22(13-28(40)42-3)31(41)37-10-4-5-23(32)16-37/h8-9,11-14,17-18,20,23H,4-7,10,15-16,32-33H2,1-3H3/t18?,23-/m1/s1. The maximum atomic E-state index is 13.5. The summed E-state index contributed by atoms with van der Waals surface area (Å²) in [6.07, 6.45) is 7.77. The van der Waals surface area contributed by atoms with Gasteiger partial charge in [-0.15, -0.1) is 0 Å². The molecule has 2 aliphatic rings. The van der Waals surface area contributed by atoms with Crippen molar-refractivity contribution in [2.75, 3.05) is 25.9 Å². The summed E-state index contributed by atoms with van der Waals surface area (Å²) in [6.45, 7) is 6.27. The van der Waals surface area contributed by atoms with Crippen molar-refractivity contribution in [3.8, 4) is 17.3 Å². The number of pyridine rings is 2. The Morgan fingerprint density at radius 2 is 2.00 bits per heavy atom. The SMILES string of the molecule is COc1cc(C(=O)N2CCC[C@@H](N)C2)cc2nc(-c3cc4ccc(C(C)n5cc(N)cn5)nc4n3CC3CC3)c(C)n12. The molecule has 7 rings (SSSR count). The number of rotatable bonds is 7. The number of carbonyl (C=O) groups is 1. The summed E-state index contributed by atoms with van der Waals surface area (Å²) in [6, 6.07) is 9.98.